The molecule has 0 saturated heterocycles. The Kier molecular flexibility index (Phi) is 5.33. The highest BCUT2D eigenvalue weighted by molar-refractivity contribution is 7.10. The Morgan fingerprint density at radius 1 is 1.43 bits per heavy atom. The lowest BCUT2D eigenvalue weighted by Gasteiger charge is -2.18. The van der Waals surface area contributed by atoms with Crippen molar-refractivity contribution in [3.63, 3.8) is 0 Å². The number of nitrogens with zero attached hydrogens (tertiary/aromatic N) is 1. The molecule has 0 radical (unpaired) electrons. The third-order valence-corrected chi connectivity index (χ3v) is 4.26. The summed E-state index contributed by atoms with van der Waals surface area (Å²) in [6.07, 6.45) is 2.75. The van der Waals surface area contributed by atoms with E-state index in [2.05, 4.69) is 28.7 Å². The first-order chi connectivity index (χ1) is 10.1. The summed E-state index contributed by atoms with van der Waals surface area (Å²) in [4.78, 5) is 17.0. The molecule has 0 amide bonds. The molecule has 0 aromatic carbocycles. The lowest BCUT2D eigenvalue weighted by molar-refractivity contribution is 0.0696. The Morgan fingerprint density at radius 3 is 2.81 bits per heavy atom. The molecule has 4 nitrogen and oxygen atoms in total. The molecule has 2 rings (SSSR count). The zero-order valence-electron chi connectivity index (χ0n) is 12.3. The summed E-state index contributed by atoms with van der Waals surface area (Å²) in [5, 5.41) is 14.6. The lowest BCUT2D eigenvalue weighted by Crippen LogP contribution is -2.12. The summed E-state index contributed by atoms with van der Waals surface area (Å²) in [7, 11) is 0. The van der Waals surface area contributed by atoms with Crippen molar-refractivity contribution in [3.05, 3.63) is 45.8 Å². The first kappa shape index (κ1) is 15.5. The summed E-state index contributed by atoms with van der Waals surface area (Å²) >= 11 is 1.70. The number of pyridine rings is 1. The van der Waals surface area contributed by atoms with Crippen LogP contribution in [0.1, 0.15) is 53.7 Å². The van der Waals surface area contributed by atoms with Gasteiger partial charge in [-0.05, 0) is 36.4 Å². The maximum Gasteiger partial charge on any atom is 0.335 e. The monoisotopic (exact) mass is 304 g/mol. The average Bonchev–Trinajstić information content (AvgIpc) is 3.00. The molecule has 0 aliphatic heterocycles. The molecule has 5 heteroatoms. The van der Waals surface area contributed by atoms with Gasteiger partial charge < -0.3 is 10.4 Å². The van der Waals surface area contributed by atoms with Crippen LogP contribution in [0.2, 0.25) is 0 Å². The third kappa shape index (κ3) is 4.04. The van der Waals surface area contributed by atoms with Crippen molar-refractivity contribution in [2.75, 3.05) is 5.32 Å². The highest BCUT2D eigenvalue weighted by Gasteiger charge is 2.14. The fourth-order valence-corrected chi connectivity index (χ4v) is 3.02. The lowest BCUT2D eigenvalue weighted by atomic mass is 10.1. The number of carboxylic acid groups (broad SMARTS) is 1. The van der Waals surface area contributed by atoms with Crippen LogP contribution in [0.15, 0.2) is 29.6 Å². The second kappa shape index (κ2) is 7.22. The largest absolute Gasteiger partial charge is 0.478 e. The number of anilines is 1. The molecular formula is C16H20N2O2S. The first-order valence-electron chi connectivity index (χ1n) is 7.18. The number of carboxylic acids is 1. The molecule has 2 aromatic rings. The Balaban J connectivity index is 2.27. The van der Waals surface area contributed by atoms with Gasteiger partial charge in [0.2, 0.25) is 0 Å². The zero-order chi connectivity index (χ0) is 15.2. The maximum absolute atomic E-state index is 11.2. The topological polar surface area (TPSA) is 62.2 Å². The fraction of sp³-hybridized carbons (Fsp3) is 0.375. The van der Waals surface area contributed by atoms with Crippen molar-refractivity contribution < 1.29 is 9.90 Å². The van der Waals surface area contributed by atoms with E-state index >= 15 is 0 Å². The molecule has 2 N–H and O–H groups in total. The Labute approximate surface area is 128 Å². The van der Waals surface area contributed by atoms with Crippen LogP contribution in [0.4, 0.5) is 5.82 Å². The van der Waals surface area contributed by atoms with Crippen LogP contribution in [0.5, 0.6) is 0 Å². The van der Waals surface area contributed by atoms with Crippen LogP contribution < -0.4 is 5.32 Å². The van der Waals surface area contributed by atoms with Gasteiger partial charge in [-0.15, -0.1) is 11.3 Å². The van der Waals surface area contributed by atoms with Crippen LogP contribution in [-0.2, 0) is 6.42 Å². The van der Waals surface area contributed by atoms with E-state index in [4.69, 9.17) is 0 Å². The predicted molar refractivity (Wildman–Crippen MR) is 86.2 cm³/mol. The quantitative estimate of drug-likeness (QED) is 0.798. The van der Waals surface area contributed by atoms with Crippen LogP contribution in [0, 0.1) is 0 Å². The normalized spacial score (nSPS) is 12.1. The molecule has 0 spiro atoms. The van der Waals surface area contributed by atoms with Crippen molar-refractivity contribution in [3.8, 4) is 0 Å². The van der Waals surface area contributed by atoms with Gasteiger partial charge in [0.15, 0.2) is 0 Å². The molecule has 0 saturated carbocycles. The van der Waals surface area contributed by atoms with E-state index in [0.717, 1.165) is 18.5 Å². The fourth-order valence-electron chi connectivity index (χ4n) is 2.21. The van der Waals surface area contributed by atoms with Gasteiger partial charge >= 0.3 is 5.97 Å². The van der Waals surface area contributed by atoms with Gasteiger partial charge in [-0.25, -0.2) is 9.78 Å². The van der Waals surface area contributed by atoms with Crippen LogP contribution >= 0.6 is 11.3 Å². The van der Waals surface area contributed by atoms with Gasteiger partial charge in [-0.1, -0.05) is 26.3 Å². The number of hydrogen-bond acceptors (Lipinski definition) is 4. The second-order valence-corrected chi connectivity index (χ2v) is 5.87. The highest BCUT2D eigenvalue weighted by atomic mass is 32.1. The predicted octanol–water partition coefficient (Wildman–Crippen LogP) is 4.36. The summed E-state index contributed by atoms with van der Waals surface area (Å²) in [5.41, 5.74) is 1.07. The van der Waals surface area contributed by atoms with Crippen LogP contribution in [0.25, 0.3) is 0 Å². The molecule has 0 fully saturated rings. The van der Waals surface area contributed by atoms with E-state index in [1.807, 2.05) is 13.0 Å². The van der Waals surface area contributed by atoms with E-state index in [1.54, 1.807) is 23.5 Å². The first-order valence-corrected chi connectivity index (χ1v) is 8.06. The van der Waals surface area contributed by atoms with Crippen molar-refractivity contribution in [2.24, 2.45) is 0 Å². The minimum absolute atomic E-state index is 0.177. The minimum atomic E-state index is -0.918. The smallest absolute Gasteiger partial charge is 0.335 e. The highest BCUT2D eigenvalue weighted by Crippen LogP contribution is 2.27. The van der Waals surface area contributed by atoms with E-state index in [1.165, 1.54) is 4.88 Å². The van der Waals surface area contributed by atoms with E-state index in [0.29, 0.717) is 12.2 Å². The number of hydrogen-bond donors (Lipinski definition) is 2. The number of nitrogens with one attached hydrogen (secondary N) is 1. The number of thiophene rings is 1. The zero-order valence-corrected chi connectivity index (χ0v) is 13.1. The molecule has 2 heterocycles. The van der Waals surface area contributed by atoms with Crippen molar-refractivity contribution in [1.82, 2.24) is 4.98 Å². The molecule has 0 aliphatic carbocycles. The summed E-state index contributed by atoms with van der Waals surface area (Å²) in [5.74, 6) is -0.281. The molecule has 0 aliphatic rings. The average molecular weight is 304 g/mol. The second-order valence-electron chi connectivity index (χ2n) is 4.89. The molecule has 112 valence electrons. The van der Waals surface area contributed by atoms with Gasteiger partial charge in [0.1, 0.15) is 5.82 Å². The SMILES string of the molecule is CCCC(Nc1cc(C(=O)O)cc(CC)n1)c1cccs1. The van der Waals surface area contributed by atoms with Crippen molar-refractivity contribution >= 4 is 23.1 Å². The number of carbonyl (C=O) groups is 1. The van der Waals surface area contributed by atoms with Gasteiger partial charge in [0.05, 0.1) is 11.6 Å². The molecule has 1 unspecified atom stereocenters. The van der Waals surface area contributed by atoms with Gasteiger partial charge in [-0.2, -0.15) is 0 Å². The van der Waals surface area contributed by atoms with E-state index in [9.17, 15) is 9.90 Å². The molecule has 21 heavy (non-hydrogen) atoms. The minimum Gasteiger partial charge on any atom is -0.478 e. The number of aromatic carboxylic acids is 1. The Hall–Kier alpha value is -1.88. The maximum atomic E-state index is 11.2. The van der Waals surface area contributed by atoms with Crippen LogP contribution in [0.3, 0.4) is 0 Å². The van der Waals surface area contributed by atoms with E-state index in [-0.39, 0.29) is 11.6 Å². The van der Waals surface area contributed by atoms with Gasteiger partial charge in [0, 0.05) is 10.6 Å². The molecule has 1 atom stereocenters. The number of aromatic nitrogens is 1. The molecule has 0 bridgehead atoms. The molecular weight excluding hydrogens is 284 g/mol. The summed E-state index contributed by atoms with van der Waals surface area (Å²) < 4.78 is 0. The number of aryl methyl sites for hydroxylation is 1. The van der Waals surface area contributed by atoms with Crippen LogP contribution in [-0.4, -0.2) is 16.1 Å². The summed E-state index contributed by atoms with van der Waals surface area (Å²) in [6.45, 7) is 4.11. The van der Waals surface area contributed by atoms with Crippen molar-refractivity contribution in [2.45, 2.75) is 39.2 Å². The number of rotatable bonds is 7. The van der Waals surface area contributed by atoms with Crippen molar-refractivity contribution in [1.29, 1.82) is 0 Å². The van der Waals surface area contributed by atoms with E-state index < -0.39 is 5.97 Å². The summed E-state index contributed by atoms with van der Waals surface area (Å²) in [6, 6.07) is 7.55. The standard InChI is InChI=1S/C16H20N2O2S/c1-3-6-13(14-7-5-8-21-14)18-15-10-11(16(19)20)9-12(4-2)17-15/h5,7-10,13H,3-4,6H2,1-2H3,(H,17,18)(H,19,20). The third-order valence-electron chi connectivity index (χ3n) is 3.27. The Morgan fingerprint density at radius 2 is 2.24 bits per heavy atom. The van der Waals surface area contributed by atoms with Gasteiger partial charge in [0.25, 0.3) is 0 Å². The molecule has 2 aromatic heterocycles. The Bertz CT molecular complexity index is 596. The van der Waals surface area contributed by atoms with Gasteiger partial charge in [-0.3, -0.25) is 0 Å².